The number of hydrogen-bond acceptors (Lipinski definition) is 4. The number of amides is 1. The van der Waals surface area contributed by atoms with Gasteiger partial charge >= 0.3 is 6.09 Å². The molecule has 6 nitrogen and oxygen atoms in total. The minimum Gasteiger partial charge on any atom is -0.444 e. The molecular formula is C21H26BrN3O3. The van der Waals surface area contributed by atoms with Crippen LogP contribution in [0.5, 0.6) is 0 Å². The Hall–Kier alpha value is -1.89. The van der Waals surface area contributed by atoms with Crippen LogP contribution in [0.3, 0.4) is 0 Å². The second kappa shape index (κ2) is 6.58. The van der Waals surface area contributed by atoms with E-state index in [9.17, 15) is 9.59 Å². The zero-order chi connectivity index (χ0) is 20.3. The molecule has 0 N–H and O–H groups in total. The number of carbonyl (C=O) groups is 1. The van der Waals surface area contributed by atoms with Crippen LogP contribution in [0.2, 0.25) is 0 Å². The number of carbonyl (C=O) groups excluding carboxylic acids is 1. The first-order valence-electron chi connectivity index (χ1n) is 9.78. The number of piperidine rings is 1. The summed E-state index contributed by atoms with van der Waals surface area (Å²) in [5.74, 6) is 0. The smallest absolute Gasteiger partial charge is 0.410 e. The zero-order valence-corrected chi connectivity index (χ0v) is 18.4. The highest BCUT2D eigenvalue weighted by Gasteiger charge is 2.55. The summed E-state index contributed by atoms with van der Waals surface area (Å²) in [5, 5.41) is 6.05. The fourth-order valence-corrected chi connectivity index (χ4v) is 4.90. The van der Waals surface area contributed by atoms with Crippen molar-refractivity contribution in [2.75, 3.05) is 6.54 Å². The van der Waals surface area contributed by atoms with Crippen molar-refractivity contribution in [1.82, 2.24) is 14.7 Å². The summed E-state index contributed by atoms with van der Waals surface area (Å²) in [4.78, 5) is 27.7. The van der Waals surface area contributed by atoms with E-state index < -0.39 is 5.60 Å². The van der Waals surface area contributed by atoms with Gasteiger partial charge in [-0.3, -0.25) is 4.79 Å². The van der Waals surface area contributed by atoms with Crippen LogP contribution in [-0.4, -0.2) is 38.5 Å². The Balaban J connectivity index is 1.62. The average molecular weight is 448 g/mol. The SMILES string of the molecule is Cc1cc(Br)cc2cnn(C3CCN(C(=O)OC(C)(C)C)C4(CC4)C3)c(=O)c12. The maximum Gasteiger partial charge on any atom is 0.410 e. The van der Waals surface area contributed by atoms with Gasteiger partial charge in [-0.1, -0.05) is 15.9 Å². The summed E-state index contributed by atoms with van der Waals surface area (Å²) < 4.78 is 8.18. The molecule has 150 valence electrons. The van der Waals surface area contributed by atoms with E-state index in [2.05, 4.69) is 21.0 Å². The van der Waals surface area contributed by atoms with Crippen molar-refractivity contribution in [3.05, 3.63) is 38.7 Å². The second-order valence-electron chi connectivity index (χ2n) is 9.08. The van der Waals surface area contributed by atoms with Crippen LogP contribution in [0, 0.1) is 6.92 Å². The van der Waals surface area contributed by atoms with Crippen LogP contribution < -0.4 is 5.56 Å². The predicted molar refractivity (Wildman–Crippen MR) is 112 cm³/mol. The number of rotatable bonds is 1. The molecule has 1 amide bonds. The highest BCUT2D eigenvalue weighted by atomic mass is 79.9. The van der Waals surface area contributed by atoms with Crippen molar-refractivity contribution in [3.8, 4) is 0 Å². The number of aryl methyl sites for hydroxylation is 1. The summed E-state index contributed by atoms with van der Waals surface area (Å²) in [5.41, 5.74) is 0.204. The third kappa shape index (κ3) is 3.45. The molecule has 2 fully saturated rings. The monoisotopic (exact) mass is 447 g/mol. The molecule has 2 heterocycles. The highest BCUT2D eigenvalue weighted by molar-refractivity contribution is 9.10. The molecule has 4 rings (SSSR count). The van der Waals surface area contributed by atoms with E-state index in [1.54, 1.807) is 10.9 Å². The van der Waals surface area contributed by atoms with Crippen LogP contribution in [-0.2, 0) is 4.74 Å². The number of fused-ring (bicyclic) bond motifs is 1. The Kier molecular flexibility index (Phi) is 4.56. The molecule has 28 heavy (non-hydrogen) atoms. The van der Waals surface area contributed by atoms with Crippen LogP contribution in [0.1, 0.15) is 58.1 Å². The van der Waals surface area contributed by atoms with Gasteiger partial charge in [0.05, 0.1) is 17.6 Å². The Morgan fingerprint density at radius 2 is 2.04 bits per heavy atom. The lowest BCUT2D eigenvalue weighted by Gasteiger charge is -2.40. The Morgan fingerprint density at radius 3 is 2.68 bits per heavy atom. The Labute approximate surface area is 173 Å². The van der Waals surface area contributed by atoms with Gasteiger partial charge in [0.15, 0.2) is 0 Å². The molecule has 1 unspecified atom stereocenters. The first-order chi connectivity index (χ1) is 13.1. The fraction of sp³-hybridized carbons (Fsp3) is 0.571. The molecule has 1 saturated heterocycles. The van der Waals surface area contributed by atoms with Crippen LogP contribution in [0.25, 0.3) is 10.8 Å². The lowest BCUT2D eigenvalue weighted by molar-refractivity contribution is -0.000253. The summed E-state index contributed by atoms with van der Waals surface area (Å²) in [7, 11) is 0. The molecular weight excluding hydrogens is 422 g/mol. The van der Waals surface area contributed by atoms with Gasteiger partial charge in [-0.05, 0) is 71.1 Å². The Bertz CT molecular complexity index is 1000. The molecule has 2 aliphatic rings. The van der Waals surface area contributed by atoms with E-state index in [1.807, 2.05) is 44.7 Å². The predicted octanol–water partition coefficient (Wildman–Crippen LogP) is 4.57. The standard InChI is InChI=1S/C21H26BrN3O3/c1-13-9-15(22)10-14-12-23-25(18(26)17(13)14)16-5-8-24(21(11-16)6-7-21)19(27)28-20(2,3)4/h9-10,12,16H,5-8,11H2,1-4H3. The van der Waals surface area contributed by atoms with Crippen molar-refractivity contribution < 1.29 is 9.53 Å². The highest BCUT2D eigenvalue weighted by Crippen LogP contribution is 2.51. The molecule has 2 aromatic rings. The number of benzene rings is 1. The van der Waals surface area contributed by atoms with Crippen LogP contribution >= 0.6 is 15.9 Å². The van der Waals surface area contributed by atoms with Crippen molar-refractivity contribution in [2.24, 2.45) is 0 Å². The number of aromatic nitrogens is 2. The Morgan fingerprint density at radius 1 is 1.32 bits per heavy atom. The van der Waals surface area contributed by atoms with Crippen LogP contribution in [0.15, 0.2) is 27.6 Å². The minimum absolute atomic E-state index is 0.00105. The maximum atomic E-state index is 13.2. The molecule has 7 heteroatoms. The van der Waals surface area contributed by atoms with Gasteiger partial charge in [0.1, 0.15) is 5.60 Å². The molecule has 1 saturated carbocycles. The normalized spacial score (nSPS) is 21.2. The lowest BCUT2D eigenvalue weighted by atomic mass is 9.95. The second-order valence-corrected chi connectivity index (χ2v) is 10.00. The van der Waals surface area contributed by atoms with Crippen molar-refractivity contribution in [3.63, 3.8) is 0 Å². The number of nitrogens with zero attached hydrogens (tertiary/aromatic N) is 3. The summed E-state index contributed by atoms with van der Waals surface area (Å²) in [6.45, 7) is 8.20. The van der Waals surface area contributed by atoms with Gasteiger partial charge in [-0.25, -0.2) is 9.48 Å². The molecule has 1 aliphatic carbocycles. The van der Waals surface area contributed by atoms with Gasteiger partial charge in [-0.2, -0.15) is 5.10 Å². The average Bonchev–Trinajstić information content (AvgIpc) is 3.32. The van der Waals surface area contributed by atoms with Crippen molar-refractivity contribution >= 4 is 32.8 Å². The lowest BCUT2D eigenvalue weighted by Crippen LogP contribution is -2.51. The number of hydrogen-bond donors (Lipinski definition) is 0. The topological polar surface area (TPSA) is 64.4 Å². The maximum absolute atomic E-state index is 13.2. The molecule has 0 bridgehead atoms. The molecule has 1 aliphatic heterocycles. The summed E-state index contributed by atoms with van der Waals surface area (Å²) in [6, 6.07) is 3.89. The quantitative estimate of drug-likeness (QED) is 0.641. The molecule has 1 spiro atoms. The van der Waals surface area contributed by atoms with Crippen molar-refractivity contribution in [2.45, 2.75) is 70.6 Å². The van der Waals surface area contributed by atoms with Gasteiger partial charge < -0.3 is 9.64 Å². The number of ether oxygens (including phenoxy) is 1. The first-order valence-corrected chi connectivity index (χ1v) is 10.6. The molecule has 1 aromatic heterocycles. The van der Waals surface area contributed by atoms with Gasteiger partial charge in [0.2, 0.25) is 0 Å². The molecule has 0 radical (unpaired) electrons. The van der Waals surface area contributed by atoms with Gasteiger partial charge in [0.25, 0.3) is 5.56 Å². The van der Waals surface area contributed by atoms with Crippen molar-refractivity contribution in [1.29, 1.82) is 0 Å². The van der Waals surface area contributed by atoms with E-state index in [4.69, 9.17) is 4.74 Å². The zero-order valence-electron chi connectivity index (χ0n) is 16.8. The van der Waals surface area contributed by atoms with E-state index in [-0.39, 0.29) is 23.2 Å². The van der Waals surface area contributed by atoms with Gasteiger partial charge in [0, 0.05) is 21.9 Å². The van der Waals surface area contributed by atoms with E-state index >= 15 is 0 Å². The number of likely N-dealkylation sites (tertiary alicyclic amines) is 1. The third-order valence-electron chi connectivity index (χ3n) is 5.73. The largest absolute Gasteiger partial charge is 0.444 e. The van der Waals surface area contributed by atoms with E-state index in [0.717, 1.165) is 40.1 Å². The summed E-state index contributed by atoms with van der Waals surface area (Å²) >= 11 is 3.48. The first kappa shape index (κ1) is 19.4. The fourth-order valence-electron chi connectivity index (χ4n) is 4.31. The molecule has 1 aromatic carbocycles. The van der Waals surface area contributed by atoms with Gasteiger partial charge in [-0.15, -0.1) is 0 Å². The summed E-state index contributed by atoms with van der Waals surface area (Å²) in [6.07, 6.45) is 4.89. The van der Waals surface area contributed by atoms with E-state index in [1.165, 1.54) is 0 Å². The van der Waals surface area contributed by atoms with E-state index in [0.29, 0.717) is 13.0 Å². The number of halogens is 1. The minimum atomic E-state index is -0.507. The van der Waals surface area contributed by atoms with Crippen LogP contribution in [0.4, 0.5) is 4.79 Å². The molecule has 1 atom stereocenters. The third-order valence-corrected chi connectivity index (χ3v) is 6.19.